The second kappa shape index (κ2) is 7.23. The number of fused-ring (bicyclic) bond motifs is 1. The second-order valence-corrected chi connectivity index (χ2v) is 7.44. The molecule has 0 radical (unpaired) electrons. The Hall–Kier alpha value is -3.15. The predicted molar refractivity (Wildman–Crippen MR) is 106 cm³/mol. The van der Waals surface area contributed by atoms with Crippen LogP contribution in [0.15, 0.2) is 53.3 Å². The Morgan fingerprint density at radius 3 is 2.33 bits per heavy atom. The maximum Gasteiger partial charge on any atom is 0.408 e. The lowest BCUT2D eigenvalue weighted by Crippen LogP contribution is -2.34. The van der Waals surface area contributed by atoms with Gasteiger partial charge in [-0.3, -0.25) is 4.79 Å². The molecule has 0 saturated carbocycles. The van der Waals surface area contributed by atoms with E-state index in [4.69, 9.17) is 4.74 Å². The summed E-state index contributed by atoms with van der Waals surface area (Å²) in [5.74, 6) is 0. The normalized spacial score (nSPS) is 12.6. The van der Waals surface area contributed by atoms with E-state index in [-0.39, 0.29) is 11.6 Å². The molecule has 0 unspecified atom stereocenters. The third-order valence-corrected chi connectivity index (χ3v) is 4.11. The van der Waals surface area contributed by atoms with Crippen LogP contribution in [0, 0.1) is 0 Å². The number of aromatic nitrogens is 2. The minimum Gasteiger partial charge on any atom is -0.444 e. The van der Waals surface area contributed by atoms with Gasteiger partial charge in [-0.1, -0.05) is 42.5 Å². The largest absolute Gasteiger partial charge is 0.444 e. The highest BCUT2D eigenvalue weighted by Gasteiger charge is 2.18. The van der Waals surface area contributed by atoms with Crippen molar-refractivity contribution in [3.8, 4) is 11.3 Å². The van der Waals surface area contributed by atoms with Gasteiger partial charge in [0.15, 0.2) is 0 Å². The summed E-state index contributed by atoms with van der Waals surface area (Å²) in [5.41, 5.74) is 1.80. The molecule has 0 aliphatic rings. The fraction of sp³-hybridized carbons (Fsp3) is 0.286. The minimum atomic E-state index is -0.537. The molecule has 1 atom stereocenters. The van der Waals surface area contributed by atoms with Crippen molar-refractivity contribution in [3.63, 3.8) is 0 Å². The molecule has 1 heterocycles. The molecule has 2 N–H and O–H groups in total. The summed E-state index contributed by atoms with van der Waals surface area (Å²) in [6.07, 6.45) is -0.452. The van der Waals surface area contributed by atoms with E-state index in [1.54, 1.807) is 6.07 Å². The summed E-state index contributed by atoms with van der Waals surface area (Å²) in [6, 6.07) is 14.9. The number of nitrogens with one attached hydrogen (secondary N) is 2. The Balaban J connectivity index is 1.83. The van der Waals surface area contributed by atoms with Gasteiger partial charge in [-0.2, -0.15) is 5.10 Å². The molecular weight excluding hydrogens is 342 g/mol. The van der Waals surface area contributed by atoms with Crippen LogP contribution in [0.2, 0.25) is 0 Å². The van der Waals surface area contributed by atoms with Crippen molar-refractivity contribution in [2.24, 2.45) is 0 Å². The van der Waals surface area contributed by atoms with Crippen LogP contribution in [0.3, 0.4) is 0 Å². The Morgan fingerprint density at radius 1 is 1.07 bits per heavy atom. The summed E-state index contributed by atoms with van der Waals surface area (Å²) >= 11 is 0. The van der Waals surface area contributed by atoms with Crippen LogP contribution in [0.1, 0.15) is 39.3 Å². The summed E-state index contributed by atoms with van der Waals surface area (Å²) in [7, 11) is 0. The second-order valence-electron chi connectivity index (χ2n) is 7.44. The van der Waals surface area contributed by atoms with E-state index in [9.17, 15) is 9.59 Å². The zero-order valence-electron chi connectivity index (χ0n) is 15.9. The fourth-order valence-electron chi connectivity index (χ4n) is 2.83. The van der Waals surface area contributed by atoms with Crippen molar-refractivity contribution in [2.75, 3.05) is 0 Å². The van der Waals surface area contributed by atoms with Gasteiger partial charge in [-0.05, 0) is 39.3 Å². The predicted octanol–water partition coefficient (Wildman–Crippen LogP) is 4.18. The number of carbonyl (C=O) groups is 1. The van der Waals surface area contributed by atoms with E-state index in [2.05, 4.69) is 15.5 Å². The molecule has 3 aromatic rings. The van der Waals surface area contributed by atoms with E-state index < -0.39 is 11.7 Å². The molecule has 0 aliphatic heterocycles. The fourth-order valence-corrected chi connectivity index (χ4v) is 2.83. The molecule has 1 aromatic heterocycles. The van der Waals surface area contributed by atoms with Crippen LogP contribution in [0.4, 0.5) is 4.79 Å². The average molecular weight is 365 g/mol. The van der Waals surface area contributed by atoms with Crippen molar-refractivity contribution < 1.29 is 9.53 Å². The third-order valence-electron chi connectivity index (χ3n) is 4.11. The number of rotatable bonds is 3. The van der Waals surface area contributed by atoms with Crippen molar-refractivity contribution >= 4 is 16.9 Å². The van der Waals surface area contributed by atoms with Crippen molar-refractivity contribution in [2.45, 2.75) is 39.3 Å². The van der Waals surface area contributed by atoms with E-state index >= 15 is 0 Å². The van der Waals surface area contributed by atoms with Crippen LogP contribution >= 0.6 is 0 Å². The van der Waals surface area contributed by atoms with Gasteiger partial charge in [0.1, 0.15) is 5.60 Å². The Kier molecular flexibility index (Phi) is 4.99. The van der Waals surface area contributed by atoms with Crippen LogP contribution in [-0.2, 0) is 4.74 Å². The number of carbonyl (C=O) groups excluding carboxylic acids is 1. The summed E-state index contributed by atoms with van der Waals surface area (Å²) in [4.78, 5) is 23.9. The van der Waals surface area contributed by atoms with Crippen LogP contribution < -0.4 is 10.9 Å². The van der Waals surface area contributed by atoms with Crippen LogP contribution in [0.5, 0.6) is 0 Å². The number of nitrogens with zero attached hydrogens (tertiary/aromatic N) is 1. The first-order valence-electron chi connectivity index (χ1n) is 8.82. The number of ether oxygens (including phenoxy) is 1. The molecule has 6 heteroatoms. The Bertz CT molecular complexity index is 1020. The van der Waals surface area contributed by atoms with Gasteiger partial charge in [0, 0.05) is 10.9 Å². The highest BCUT2D eigenvalue weighted by Crippen LogP contribution is 2.25. The molecule has 0 spiro atoms. The number of H-pyrrole nitrogens is 1. The molecular formula is C21H23N3O3. The van der Waals surface area contributed by atoms with Crippen molar-refractivity contribution in [1.29, 1.82) is 0 Å². The number of benzene rings is 2. The number of aromatic amines is 1. The first kappa shape index (κ1) is 18.6. The molecule has 27 heavy (non-hydrogen) atoms. The van der Waals surface area contributed by atoms with Crippen molar-refractivity contribution in [3.05, 3.63) is 64.4 Å². The Labute approximate surface area is 157 Å². The smallest absolute Gasteiger partial charge is 0.408 e. The SMILES string of the molecule is C[C@@H](NC(=O)OC(C)(C)C)c1ccc(-c2n[nH]c(=O)c3ccccc23)cc1. The van der Waals surface area contributed by atoms with Gasteiger partial charge in [-0.15, -0.1) is 0 Å². The molecule has 1 amide bonds. The van der Waals surface area contributed by atoms with E-state index in [0.717, 1.165) is 16.5 Å². The lowest BCUT2D eigenvalue weighted by atomic mass is 10.0. The summed E-state index contributed by atoms with van der Waals surface area (Å²) < 4.78 is 5.29. The molecule has 0 aliphatic carbocycles. The number of hydrogen-bond acceptors (Lipinski definition) is 4. The molecule has 3 rings (SSSR count). The number of alkyl carbamates (subject to hydrolysis) is 1. The van der Waals surface area contributed by atoms with Gasteiger partial charge in [-0.25, -0.2) is 9.89 Å². The zero-order chi connectivity index (χ0) is 19.6. The number of amides is 1. The van der Waals surface area contributed by atoms with Gasteiger partial charge in [0.05, 0.1) is 17.1 Å². The summed E-state index contributed by atoms with van der Waals surface area (Å²) in [6.45, 7) is 7.38. The highest BCUT2D eigenvalue weighted by atomic mass is 16.6. The maximum atomic E-state index is 11.9. The maximum absolute atomic E-state index is 11.9. The first-order valence-corrected chi connectivity index (χ1v) is 8.82. The standard InChI is InChI=1S/C21H23N3O3/c1-13(22-20(26)27-21(2,3)4)14-9-11-15(12-10-14)18-16-7-5-6-8-17(16)19(25)24-23-18/h5-13H,1-4H3,(H,22,26)(H,24,25)/t13-/m1/s1. The molecule has 2 aromatic carbocycles. The van der Waals surface area contributed by atoms with E-state index in [1.807, 2.05) is 70.2 Å². The third kappa shape index (κ3) is 4.34. The highest BCUT2D eigenvalue weighted by molar-refractivity contribution is 5.93. The minimum absolute atomic E-state index is 0.200. The van der Waals surface area contributed by atoms with Crippen LogP contribution in [0.25, 0.3) is 22.0 Å². The lowest BCUT2D eigenvalue weighted by molar-refractivity contribution is 0.0508. The monoisotopic (exact) mass is 365 g/mol. The lowest BCUT2D eigenvalue weighted by Gasteiger charge is -2.22. The number of hydrogen-bond donors (Lipinski definition) is 2. The van der Waals surface area contributed by atoms with Gasteiger partial charge >= 0.3 is 6.09 Å². The molecule has 0 fully saturated rings. The van der Waals surface area contributed by atoms with Gasteiger partial charge < -0.3 is 10.1 Å². The topological polar surface area (TPSA) is 84.1 Å². The van der Waals surface area contributed by atoms with Gasteiger partial charge in [0.25, 0.3) is 5.56 Å². The van der Waals surface area contributed by atoms with E-state index in [0.29, 0.717) is 11.1 Å². The molecule has 0 saturated heterocycles. The first-order chi connectivity index (χ1) is 12.7. The van der Waals surface area contributed by atoms with E-state index in [1.165, 1.54) is 0 Å². The zero-order valence-corrected chi connectivity index (χ0v) is 15.9. The Morgan fingerprint density at radius 2 is 1.70 bits per heavy atom. The molecule has 6 nitrogen and oxygen atoms in total. The molecule has 140 valence electrons. The van der Waals surface area contributed by atoms with Crippen LogP contribution in [-0.4, -0.2) is 21.9 Å². The van der Waals surface area contributed by atoms with Gasteiger partial charge in [0.2, 0.25) is 0 Å². The summed E-state index contributed by atoms with van der Waals surface area (Å²) in [5, 5.41) is 11.0. The quantitative estimate of drug-likeness (QED) is 0.729. The van der Waals surface area contributed by atoms with Crippen molar-refractivity contribution in [1.82, 2.24) is 15.5 Å². The average Bonchev–Trinajstić information content (AvgIpc) is 2.61. The molecule has 0 bridgehead atoms.